The molecule has 0 radical (unpaired) electrons. The minimum Gasteiger partial charge on any atom is -0.506 e. The standard InChI is InChI=1S/C12H18N2O2.C6H7NO/c15-7-4-13-11-2-1-3-12(10-11)14-5-8-16-9-6-14;7-5-3-1-2-4-6(5)8/h1-3,10,13,15H,4-9H2;1-4,8H,7H2. The lowest BCUT2D eigenvalue weighted by Gasteiger charge is -2.29. The summed E-state index contributed by atoms with van der Waals surface area (Å²) in [7, 11) is 0. The molecule has 1 fully saturated rings. The van der Waals surface area contributed by atoms with Crippen molar-refractivity contribution in [2.75, 3.05) is 55.4 Å². The van der Waals surface area contributed by atoms with Crippen molar-refractivity contribution in [3.05, 3.63) is 48.5 Å². The third-order valence-electron chi connectivity index (χ3n) is 3.60. The van der Waals surface area contributed by atoms with E-state index in [1.807, 2.05) is 12.1 Å². The van der Waals surface area contributed by atoms with E-state index in [-0.39, 0.29) is 12.4 Å². The van der Waals surface area contributed by atoms with Gasteiger partial charge in [0.25, 0.3) is 0 Å². The van der Waals surface area contributed by atoms with Crippen molar-refractivity contribution in [2.45, 2.75) is 0 Å². The topological polar surface area (TPSA) is 91.0 Å². The second-order valence-electron chi connectivity index (χ2n) is 5.36. The lowest BCUT2D eigenvalue weighted by atomic mass is 10.2. The third-order valence-corrected chi connectivity index (χ3v) is 3.60. The zero-order valence-electron chi connectivity index (χ0n) is 13.7. The van der Waals surface area contributed by atoms with E-state index >= 15 is 0 Å². The van der Waals surface area contributed by atoms with Gasteiger partial charge in [-0.15, -0.1) is 0 Å². The van der Waals surface area contributed by atoms with Gasteiger partial charge in [-0.25, -0.2) is 0 Å². The van der Waals surface area contributed by atoms with Crippen molar-refractivity contribution in [1.29, 1.82) is 0 Å². The summed E-state index contributed by atoms with van der Waals surface area (Å²) in [6.45, 7) is 4.24. The first kappa shape index (κ1) is 17.9. The molecule has 0 aliphatic carbocycles. The minimum absolute atomic E-state index is 0.146. The molecule has 2 aromatic carbocycles. The maximum Gasteiger partial charge on any atom is 0.138 e. The highest BCUT2D eigenvalue weighted by molar-refractivity contribution is 5.58. The molecule has 6 nitrogen and oxygen atoms in total. The van der Waals surface area contributed by atoms with Gasteiger partial charge in [0.05, 0.1) is 25.5 Å². The Morgan fingerprint density at radius 3 is 2.46 bits per heavy atom. The Labute approximate surface area is 142 Å². The molecule has 0 bridgehead atoms. The molecular formula is C18H25N3O3. The molecule has 1 aliphatic rings. The molecule has 6 heteroatoms. The van der Waals surface area contributed by atoms with Crippen LogP contribution >= 0.6 is 0 Å². The third kappa shape index (κ3) is 5.64. The Kier molecular flexibility index (Phi) is 7.20. The number of nitrogens with zero attached hydrogens (tertiary/aromatic N) is 1. The highest BCUT2D eigenvalue weighted by Gasteiger charge is 2.10. The van der Waals surface area contributed by atoms with Crippen LogP contribution < -0.4 is 16.0 Å². The predicted octanol–water partition coefficient (Wildman–Crippen LogP) is 1.90. The summed E-state index contributed by atoms with van der Waals surface area (Å²) in [6.07, 6.45) is 0. The molecule has 3 rings (SSSR count). The zero-order chi connectivity index (χ0) is 17.2. The number of anilines is 3. The zero-order valence-corrected chi connectivity index (χ0v) is 13.7. The van der Waals surface area contributed by atoms with E-state index in [4.69, 9.17) is 20.7 Å². The Hall–Kier alpha value is -2.44. The molecule has 1 saturated heterocycles. The number of benzene rings is 2. The largest absolute Gasteiger partial charge is 0.506 e. The van der Waals surface area contributed by atoms with Crippen LogP contribution in [0.1, 0.15) is 0 Å². The molecule has 0 amide bonds. The maximum atomic E-state index is 8.79. The van der Waals surface area contributed by atoms with Crippen LogP contribution in [-0.2, 0) is 4.74 Å². The number of aliphatic hydroxyl groups is 1. The number of para-hydroxylation sites is 2. The maximum absolute atomic E-state index is 8.79. The number of hydrogen-bond acceptors (Lipinski definition) is 6. The number of aromatic hydroxyl groups is 1. The first-order valence-electron chi connectivity index (χ1n) is 8.01. The molecular weight excluding hydrogens is 306 g/mol. The van der Waals surface area contributed by atoms with Crippen LogP contribution in [0.15, 0.2) is 48.5 Å². The fourth-order valence-corrected chi connectivity index (χ4v) is 2.32. The van der Waals surface area contributed by atoms with Crippen LogP contribution in [-0.4, -0.2) is 49.7 Å². The average Bonchev–Trinajstić information content (AvgIpc) is 2.64. The van der Waals surface area contributed by atoms with Crippen LogP contribution in [0.3, 0.4) is 0 Å². The van der Waals surface area contributed by atoms with Crippen LogP contribution in [0.25, 0.3) is 0 Å². The molecule has 130 valence electrons. The van der Waals surface area contributed by atoms with Crippen LogP contribution in [0.4, 0.5) is 17.1 Å². The number of ether oxygens (including phenoxy) is 1. The van der Waals surface area contributed by atoms with Gasteiger partial charge in [-0.3, -0.25) is 0 Å². The first-order valence-corrected chi connectivity index (χ1v) is 8.01. The average molecular weight is 331 g/mol. The van der Waals surface area contributed by atoms with Crippen molar-refractivity contribution in [3.63, 3.8) is 0 Å². The molecule has 2 aromatic rings. The summed E-state index contributed by atoms with van der Waals surface area (Å²) in [6, 6.07) is 15.0. The number of aliphatic hydroxyl groups excluding tert-OH is 1. The van der Waals surface area contributed by atoms with Gasteiger partial charge in [-0.1, -0.05) is 18.2 Å². The molecule has 0 unspecified atom stereocenters. The highest BCUT2D eigenvalue weighted by Crippen LogP contribution is 2.20. The minimum atomic E-state index is 0.146. The summed E-state index contributed by atoms with van der Waals surface area (Å²) < 4.78 is 5.33. The van der Waals surface area contributed by atoms with Gasteiger partial charge in [0.15, 0.2) is 0 Å². The summed E-state index contributed by atoms with van der Waals surface area (Å²) in [5, 5.41) is 20.7. The Bertz CT molecular complexity index is 595. The van der Waals surface area contributed by atoms with E-state index in [2.05, 4.69) is 22.3 Å². The van der Waals surface area contributed by atoms with Crippen molar-refractivity contribution in [1.82, 2.24) is 0 Å². The Morgan fingerprint density at radius 1 is 1.08 bits per heavy atom. The first-order chi connectivity index (χ1) is 11.7. The fraction of sp³-hybridized carbons (Fsp3) is 0.333. The van der Waals surface area contributed by atoms with Gasteiger partial charge in [-0.2, -0.15) is 0 Å². The number of morpholine rings is 1. The number of rotatable bonds is 4. The lowest BCUT2D eigenvalue weighted by Crippen LogP contribution is -2.36. The molecule has 1 aliphatic heterocycles. The van der Waals surface area contributed by atoms with Gasteiger partial charge in [0.1, 0.15) is 5.75 Å². The summed E-state index contributed by atoms with van der Waals surface area (Å²) in [4.78, 5) is 2.31. The predicted molar refractivity (Wildman–Crippen MR) is 97.6 cm³/mol. The SMILES string of the molecule is Nc1ccccc1O.OCCNc1cccc(N2CCOCC2)c1. The number of phenols is 1. The fourth-order valence-electron chi connectivity index (χ4n) is 2.32. The normalized spacial score (nSPS) is 13.8. The number of nitrogens with one attached hydrogen (secondary N) is 1. The molecule has 1 heterocycles. The smallest absolute Gasteiger partial charge is 0.138 e. The molecule has 0 atom stereocenters. The van der Waals surface area contributed by atoms with Gasteiger partial charge in [0, 0.05) is 31.0 Å². The second-order valence-corrected chi connectivity index (χ2v) is 5.36. The van der Waals surface area contributed by atoms with E-state index in [9.17, 15) is 0 Å². The highest BCUT2D eigenvalue weighted by atomic mass is 16.5. The van der Waals surface area contributed by atoms with Gasteiger partial charge >= 0.3 is 0 Å². The van der Waals surface area contributed by atoms with Crippen molar-refractivity contribution in [2.24, 2.45) is 0 Å². The number of hydrogen-bond donors (Lipinski definition) is 4. The molecule has 24 heavy (non-hydrogen) atoms. The monoisotopic (exact) mass is 331 g/mol. The van der Waals surface area contributed by atoms with Crippen LogP contribution in [0, 0.1) is 0 Å². The van der Waals surface area contributed by atoms with E-state index in [1.165, 1.54) is 5.69 Å². The van der Waals surface area contributed by atoms with Gasteiger partial charge in [0.2, 0.25) is 0 Å². The molecule has 0 spiro atoms. The number of nitrogens with two attached hydrogens (primary N) is 1. The Morgan fingerprint density at radius 2 is 1.83 bits per heavy atom. The number of nitrogen functional groups attached to an aromatic ring is 1. The lowest BCUT2D eigenvalue weighted by molar-refractivity contribution is 0.122. The van der Waals surface area contributed by atoms with E-state index in [0.717, 1.165) is 32.0 Å². The van der Waals surface area contributed by atoms with E-state index in [0.29, 0.717) is 12.2 Å². The Balaban J connectivity index is 0.000000219. The molecule has 0 saturated carbocycles. The quantitative estimate of drug-likeness (QED) is 0.505. The number of phenolic OH excluding ortho intramolecular Hbond substituents is 1. The summed E-state index contributed by atoms with van der Waals surface area (Å²) in [5.41, 5.74) is 7.96. The van der Waals surface area contributed by atoms with Crippen LogP contribution in [0.2, 0.25) is 0 Å². The van der Waals surface area contributed by atoms with Gasteiger partial charge < -0.3 is 30.9 Å². The summed E-state index contributed by atoms with van der Waals surface area (Å²) >= 11 is 0. The summed E-state index contributed by atoms with van der Waals surface area (Å²) in [5.74, 6) is 0.146. The van der Waals surface area contributed by atoms with E-state index in [1.54, 1.807) is 24.3 Å². The van der Waals surface area contributed by atoms with E-state index < -0.39 is 0 Å². The van der Waals surface area contributed by atoms with Gasteiger partial charge in [-0.05, 0) is 30.3 Å². The van der Waals surface area contributed by atoms with Crippen molar-refractivity contribution in [3.8, 4) is 5.75 Å². The van der Waals surface area contributed by atoms with Crippen molar-refractivity contribution < 1.29 is 14.9 Å². The molecule has 0 aromatic heterocycles. The second kappa shape index (κ2) is 9.64. The van der Waals surface area contributed by atoms with Crippen LogP contribution in [0.5, 0.6) is 5.75 Å². The molecule has 5 N–H and O–H groups in total. The van der Waals surface area contributed by atoms with Crippen molar-refractivity contribution >= 4 is 17.1 Å².